The maximum Gasteiger partial charge on any atom is 0.251 e. The number of thioether (sulfide) groups is 1. The van der Waals surface area contributed by atoms with Crippen LogP contribution < -0.4 is 11.1 Å². The number of primary amides is 1. The first-order valence-electron chi connectivity index (χ1n) is 8.18. The minimum atomic E-state index is -0.567. The van der Waals surface area contributed by atoms with E-state index in [1.54, 1.807) is 18.4 Å². The second-order valence-corrected chi connectivity index (χ2v) is 8.18. The molecule has 2 aromatic heterocycles. The van der Waals surface area contributed by atoms with Crippen molar-refractivity contribution in [3.63, 3.8) is 0 Å². The molecule has 3 aromatic rings. The number of aromatic nitrogens is 3. The molecule has 0 spiro atoms. The lowest BCUT2D eigenvalue weighted by molar-refractivity contribution is -0.115. The van der Waals surface area contributed by atoms with Crippen molar-refractivity contribution in [1.29, 1.82) is 0 Å². The topological polar surface area (TPSA) is 103 Å². The van der Waals surface area contributed by atoms with Gasteiger partial charge in [-0.3, -0.25) is 9.59 Å². The second kappa shape index (κ2) is 7.93. The standard InChI is InChI=1S/C18H19N5O2S2/c1-10-6-4-5-7-12(10)15-21-22-18(23(15)3)27-11(2)16(25)20-17-13(14(19)24)8-9-26-17/h4-9,11H,1-3H3,(H2,19,24)(H,20,25)/t11-/m1/s1. The van der Waals surface area contributed by atoms with Crippen LogP contribution in [0, 0.1) is 6.92 Å². The van der Waals surface area contributed by atoms with Crippen molar-refractivity contribution in [1.82, 2.24) is 14.8 Å². The van der Waals surface area contributed by atoms with Crippen LogP contribution in [0.5, 0.6) is 0 Å². The van der Waals surface area contributed by atoms with Gasteiger partial charge < -0.3 is 15.6 Å². The average Bonchev–Trinajstić information content (AvgIpc) is 3.23. The zero-order valence-electron chi connectivity index (χ0n) is 15.1. The van der Waals surface area contributed by atoms with E-state index in [9.17, 15) is 9.59 Å². The summed E-state index contributed by atoms with van der Waals surface area (Å²) >= 11 is 2.56. The van der Waals surface area contributed by atoms with Crippen LogP contribution in [-0.2, 0) is 11.8 Å². The summed E-state index contributed by atoms with van der Waals surface area (Å²) in [7, 11) is 1.87. The van der Waals surface area contributed by atoms with Crippen LogP contribution in [0.4, 0.5) is 5.00 Å². The van der Waals surface area contributed by atoms with Crippen LogP contribution in [-0.4, -0.2) is 31.8 Å². The molecule has 1 atom stereocenters. The van der Waals surface area contributed by atoms with Crippen molar-refractivity contribution in [2.75, 3.05) is 5.32 Å². The van der Waals surface area contributed by atoms with Crippen LogP contribution in [0.1, 0.15) is 22.8 Å². The normalized spacial score (nSPS) is 12.0. The number of hydrogen-bond donors (Lipinski definition) is 2. The predicted octanol–water partition coefficient (Wildman–Crippen LogP) is 3.07. The zero-order chi connectivity index (χ0) is 19.6. The minimum Gasteiger partial charge on any atom is -0.366 e. The van der Waals surface area contributed by atoms with Gasteiger partial charge in [0.25, 0.3) is 5.91 Å². The molecule has 9 heteroatoms. The largest absolute Gasteiger partial charge is 0.366 e. The summed E-state index contributed by atoms with van der Waals surface area (Å²) in [5.41, 5.74) is 7.73. The van der Waals surface area contributed by atoms with Crippen molar-refractivity contribution >= 4 is 39.9 Å². The number of carbonyl (C=O) groups excluding carboxylic acids is 2. The molecule has 0 bridgehead atoms. The van der Waals surface area contributed by atoms with E-state index in [4.69, 9.17) is 5.73 Å². The molecule has 2 amide bonds. The van der Waals surface area contributed by atoms with Crippen molar-refractivity contribution in [2.24, 2.45) is 12.8 Å². The Morgan fingerprint density at radius 2 is 2.00 bits per heavy atom. The van der Waals surface area contributed by atoms with Crippen molar-refractivity contribution in [3.05, 3.63) is 46.8 Å². The highest BCUT2D eigenvalue weighted by atomic mass is 32.2. The molecule has 0 saturated carbocycles. The number of benzene rings is 1. The number of nitrogens with one attached hydrogen (secondary N) is 1. The van der Waals surface area contributed by atoms with Crippen molar-refractivity contribution in [3.8, 4) is 11.4 Å². The number of carbonyl (C=O) groups is 2. The Morgan fingerprint density at radius 1 is 1.26 bits per heavy atom. The predicted molar refractivity (Wildman–Crippen MR) is 108 cm³/mol. The molecular formula is C18H19N5O2S2. The molecule has 2 heterocycles. The Bertz CT molecular complexity index is 995. The van der Waals surface area contributed by atoms with Gasteiger partial charge in [0.05, 0.1) is 10.8 Å². The Balaban J connectivity index is 1.74. The molecule has 0 radical (unpaired) electrons. The van der Waals surface area contributed by atoms with Gasteiger partial charge in [0.15, 0.2) is 11.0 Å². The fourth-order valence-corrected chi connectivity index (χ4v) is 4.11. The third kappa shape index (κ3) is 4.04. The number of thiophene rings is 1. The highest BCUT2D eigenvalue weighted by Crippen LogP contribution is 2.29. The number of anilines is 1. The minimum absolute atomic E-state index is 0.231. The smallest absolute Gasteiger partial charge is 0.251 e. The first kappa shape index (κ1) is 19.1. The SMILES string of the molecule is Cc1ccccc1-c1nnc(S[C@H](C)C(=O)Nc2sccc2C(N)=O)n1C. The van der Waals surface area contributed by atoms with E-state index in [-0.39, 0.29) is 5.91 Å². The summed E-state index contributed by atoms with van der Waals surface area (Å²) in [4.78, 5) is 23.9. The van der Waals surface area contributed by atoms with Gasteiger partial charge >= 0.3 is 0 Å². The van der Waals surface area contributed by atoms with Gasteiger partial charge in [0.1, 0.15) is 5.00 Å². The van der Waals surface area contributed by atoms with Gasteiger partial charge in [-0.2, -0.15) is 0 Å². The third-order valence-electron chi connectivity index (χ3n) is 4.04. The van der Waals surface area contributed by atoms with Crippen LogP contribution in [0.3, 0.4) is 0 Å². The molecule has 7 nitrogen and oxygen atoms in total. The fraction of sp³-hybridized carbons (Fsp3) is 0.222. The first-order valence-corrected chi connectivity index (χ1v) is 9.94. The van der Waals surface area contributed by atoms with E-state index in [1.165, 1.54) is 23.1 Å². The molecule has 0 fully saturated rings. The Labute approximate surface area is 165 Å². The number of aryl methyl sites for hydroxylation is 1. The molecule has 0 aliphatic carbocycles. The van der Waals surface area contributed by atoms with Crippen LogP contribution in [0.15, 0.2) is 40.9 Å². The quantitative estimate of drug-likeness (QED) is 0.618. The number of amides is 2. The summed E-state index contributed by atoms with van der Waals surface area (Å²) < 4.78 is 1.87. The average molecular weight is 402 g/mol. The van der Waals surface area contributed by atoms with E-state index in [0.29, 0.717) is 15.7 Å². The van der Waals surface area contributed by atoms with Crippen LogP contribution in [0.2, 0.25) is 0 Å². The fourth-order valence-electron chi connectivity index (χ4n) is 2.50. The lowest BCUT2D eigenvalue weighted by atomic mass is 10.1. The lowest BCUT2D eigenvalue weighted by Gasteiger charge is -2.11. The number of hydrogen-bond acceptors (Lipinski definition) is 6. The molecule has 3 rings (SSSR count). The van der Waals surface area contributed by atoms with Gasteiger partial charge in [-0.1, -0.05) is 36.0 Å². The molecule has 140 valence electrons. The molecule has 0 saturated heterocycles. The molecular weight excluding hydrogens is 382 g/mol. The molecule has 1 aromatic carbocycles. The van der Waals surface area contributed by atoms with E-state index >= 15 is 0 Å². The summed E-state index contributed by atoms with van der Waals surface area (Å²) in [5, 5.41) is 13.6. The summed E-state index contributed by atoms with van der Waals surface area (Å²) in [5.74, 6) is -0.0501. The van der Waals surface area contributed by atoms with Crippen molar-refractivity contribution < 1.29 is 9.59 Å². The first-order chi connectivity index (χ1) is 12.9. The van der Waals surface area contributed by atoms with Gasteiger partial charge in [-0.15, -0.1) is 21.5 Å². The van der Waals surface area contributed by atoms with Gasteiger partial charge in [0.2, 0.25) is 5.91 Å². The van der Waals surface area contributed by atoms with E-state index in [0.717, 1.165) is 17.0 Å². The monoisotopic (exact) mass is 401 g/mol. The number of nitrogens with zero attached hydrogens (tertiary/aromatic N) is 3. The Morgan fingerprint density at radius 3 is 2.70 bits per heavy atom. The zero-order valence-corrected chi connectivity index (χ0v) is 16.7. The van der Waals surface area contributed by atoms with Gasteiger partial charge in [-0.05, 0) is 30.9 Å². The van der Waals surface area contributed by atoms with Gasteiger partial charge in [-0.25, -0.2) is 0 Å². The third-order valence-corrected chi connectivity index (χ3v) is 6.00. The summed E-state index contributed by atoms with van der Waals surface area (Å²) in [6.07, 6.45) is 0. The number of rotatable bonds is 6. The van der Waals surface area contributed by atoms with E-state index < -0.39 is 11.2 Å². The molecule has 3 N–H and O–H groups in total. The van der Waals surface area contributed by atoms with E-state index in [1.807, 2.05) is 42.8 Å². The Kier molecular flexibility index (Phi) is 5.62. The highest BCUT2D eigenvalue weighted by molar-refractivity contribution is 8.00. The maximum atomic E-state index is 12.5. The van der Waals surface area contributed by atoms with Crippen LogP contribution in [0.25, 0.3) is 11.4 Å². The summed E-state index contributed by atoms with van der Waals surface area (Å²) in [6.45, 7) is 3.80. The van der Waals surface area contributed by atoms with Gasteiger partial charge in [0, 0.05) is 12.6 Å². The molecule has 27 heavy (non-hydrogen) atoms. The summed E-state index contributed by atoms with van der Waals surface area (Å²) in [6, 6.07) is 9.54. The lowest BCUT2D eigenvalue weighted by Crippen LogP contribution is -2.24. The molecule has 0 unspecified atom stereocenters. The number of nitrogens with two attached hydrogens (primary N) is 1. The van der Waals surface area contributed by atoms with Crippen LogP contribution >= 0.6 is 23.1 Å². The second-order valence-electron chi connectivity index (χ2n) is 5.96. The highest BCUT2D eigenvalue weighted by Gasteiger charge is 2.21. The Hall–Kier alpha value is -2.65. The molecule has 0 aliphatic heterocycles. The maximum absolute atomic E-state index is 12.5. The van der Waals surface area contributed by atoms with E-state index in [2.05, 4.69) is 15.5 Å². The molecule has 0 aliphatic rings. The van der Waals surface area contributed by atoms with Crippen molar-refractivity contribution in [2.45, 2.75) is 24.3 Å².